The van der Waals surface area contributed by atoms with Crippen molar-refractivity contribution in [3.63, 3.8) is 0 Å². The van der Waals surface area contributed by atoms with Gasteiger partial charge in [0.1, 0.15) is 0 Å². The maximum Gasteiger partial charge on any atom is 0.407 e. The lowest BCUT2D eigenvalue weighted by Gasteiger charge is -2.08. The summed E-state index contributed by atoms with van der Waals surface area (Å²) in [6, 6.07) is 0. The van der Waals surface area contributed by atoms with Crippen LogP contribution in [-0.4, -0.2) is 61.9 Å². The van der Waals surface area contributed by atoms with Crippen LogP contribution in [0, 0.1) is 0 Å². The average molecular weight is 376 g/mol. The summed E-state index contributed by atoms with van der Waals surface area (Å²) in [5.74, 6) is 0. The van der Waals surface area contributed by atoms with Crippen LogP contribution in [0.1, 0.15) is 64.2 Å². The minimum atomic E-state index is -0.413. The van der Waals surface area contributed by atoms with Crippen molar-refractivity contribution in [1.29, 1.82) is 0 Å². The Bertz CT molecular complexity index is 342. The maximum atomic E-state index is 11.4. The summed E-state index contributed by atoms with van der Waals surface area (Å²) in [5.41, 5.74) is 0. The molecule has 0 aliphatic heterocycles. The molecule has 0 aliphatic rings. The fraction of sp³-hybridized carbons (Fsp3) is 0.889. The quantitative estimate of drug-likeness (QED) is 0.289. The molecule has 8 heteroatoms. The second-order valence-corrected chi connectivity index (χ2v) is 6.11. The summed E-state index contributed by atoms with van der Waals surface area (Å²) in [6.07, 6.45) is 7.72. The molecule has 0 aromatic heterocycles. The fourth-order valence-corrected chi connectivity index (χ4v) is 2.20. The zero-order valence-corrected chi connectivity index (χ0v) is 15.8. The van der Waals surface area contributed by atoms with Crippen molar-refractivity contribution in [3.8, 4) is 0 Å². The lowest BCUT2D eigenvalue weighted by atomic mass is 10.2. The van der Waals surface area contributed by atoms with Gasteiger partial charge >= 0.3 is 12.2 Å². The van der Waals surface area contributed by atoms with Gasteiger partial charge in [-0.05, 0) is 44.9 Å². The van der Waals surface area contributed by atoms with Gasteiger partial charge in [-0.1, -0.05) is 19.3 Å². The molecule has 0 fully saturated rings. The molecule has 0 heterocycles. The Morgan fingerprint density at radius 1 is 0.577 bits per heavy atom. The molecule has 0 aliphatic carbocycles. The van der Waals surface area contributed by atoms with Gasteiger partial charge in [-0.15, -0.1) is 0 Å². The van der Waals surface area contributed by atoms with Crippen LogP contribution in [-0.2, 0) is 9.47 Å². The Hall–Kier alpha value is -1.54. The molecule has 0 unspecified atom stereocenters. The van der Waals surface area contributed by atoms with Crippen LogP contribution >= 0.6 is 0 Å². The van der Waals surface area contributed by atoms with E-state index in [0.29, 0.717) is 39.1 Å². The van der Waals surface area contributed by atoms with Crippen LogP contribution < -0.4 is 10.6 Å². The second kappa shape index (κ2) is 19.8. The van der Waals surface area contributed by atoms with E-state index >= 15 is 0 Å². The third-order valence-electron chi connectivity index (χ3n) is 3.71. The second-order valence-electron chi connectivity index (χ2n) is 6.11. The van der Waals surface area contributed by atoms with E-state index in [1.54, 1.807) is 0 Å². The number of nitrogens with one attached hydrogen (secondary N) is 2. The molecule has 2 amide bonds. The summed E-state index contributed by atoms with van der Waals surface area (Å²) >= 11 is 0. The normalized spacial score (nSPS) is 10.4. The first-order valence-electron chi connectivity index (χ1n) is 9.73. The first kappa shape index (κ1) is 24.5. The van der Waals surface area contributed by atoms with Gasteiger partial charge in [0.15, 0.2) is 0 Å². The van der Waals surface area contributed by atoms with Gasteiger partial charge in [0.25, 0.3) is 0 Å². The van der Waals surface area contributed by atoms with E-state index < -0.39 is 6.09 Å². The molecule has 26 heavy (non-hydrogen) atoms. The van der Waals surface area contributed by atoms with Crippen molar-refractivity contribution in [3.05, 3.63) is 0 Å². The first-order chi connectivity index (χ1) is 12.7. The van der Waals surface area contributed by atoms with E-state index in [0.717, 1.165) is 51.4 Å². The third-order valence-corrected chi connectivity index (χ3v) is 3.71. The van der Waals surface area contributed by atoms with Crippen molar-refractivity contribution >= 4 is 12.2 Å². The highest BCUT2D eigenvalue weighted by Gasteiger charge is 2.02. The SMILES string of the molecule is O=C(NCCCCCCNC(=O)OCCCCCCO)OCCCCO. The number of hydrogen-bond donors (Lipinski definition) is 4. The molecular formula is C18H36N2O6. The van der Waals surface area contributed by atoms with Gasteiger partial charge in [0, 0.05) is 26.3 Å². The lowest BCUT2D eigenvalue weighted by Crippen LogP contribution is -2.26. The van der Waals surface area contributed by atoms with E-state index in [1.807, 2.05) is 0 Å². The van der Waals surface area contributed by atoms with Gasteiger partial charge in [-0.2, -0.15) is 0 Å². The van der Waals surface area contributed by atoms with Crippen molar-refractivity contribution in [1.82, 2.24) is 10.6 Å². The van der Waals surface area contributed by atoms with Gasteiger partial charge in [0.05, 0.1) is 13.2 Å². The summed E-state index contributed by atoms with van der Waals surface area (Å²) in [6.45, 7) is 2.24. The summed E-state index contributed by atoms with van der Waals surface area (Å²) < 4.78 is 9.99. The zero-order chi connectivity index (χ0) is 19.3. The number of aliphatic hydroxyl groups is 2. The molecule has 0 atom stereocenters. The highest BCUT2D eigenvalue weighted by molar-refractivity contribution is 5.67. The number of carbonyl (C=O) groups excluding carboxylic acids is 2. The van der Waals surface area contributed by atoms with E-state index in [4.69, 9.17) is 19.7 Å². The number of hydrogen-bond acceptors (Lipinski definition) is 6. The van der Waals surface area contributed by atoms with Crippen LogP contribution in [0.4, 0.5) is 9.59 Å². The molecule has 0 bridgehead atoms. The molecule has 0 aromatic rings. The van der Waals surface area contributed by atoms with Crippen molar-refractivity contribution in [2.45, 2.75) is 64.2 Å². The molecular weight excluding hydrogens is 340 g/mol. The molecule has 154 valence electrons. The van der Waals surface area contributed by atoms with E-state index in [9.17, 15) is 9.59 Å². The Morgan fingerprint density at radius 3 is 1.46 bits per heavy atom. The Labute approximate surface area is 156 Å². The lowest BCUT2D eigenvalue weighted by molar-refractivity contribution is 0.140. The predicted molar refractivity (Wildman–Crippen MR) is 99.0 cm³/mol. The summed E-state index contributed by atoms with van der Waals surface area (Å²) in [4.78, 5) is 22.7. The van der Waals surface area contributed by atoms with Gasteiger partial charge in [0.2, 0.25) is 0 Å². The fourth-order valence-electron chi connectivity index (χ4n) is 2.20. The van der Waals surface area contributed by atoms with Crippen molar-refractivity contribution < 1.29 is 29.3 Å². The van der Waals surface area contributed by atoms with Crippen LogP contribution in [0.5, 0.6) is 0 Å². The van der Waals surface area contributed by atoms with Crippen molar-refractivity contribution in [2.75, 3.05) is 39.5 Å². The molecule has 4 N–H and O–H groups in total. The average Bonchev–Trinajstić information content (AvgIpc) is 2.64. The molecule has 0 rings (SSSR count). The smallest absolute Gasteiger partial charge is 0.407 e. The molecule has 0 radical (unpaired) electrons. The standard InChI is InChI=1S/C18H36N2O6/c21-13-7-3-4-9-15-25-17(23)19-11-5-1-2-6-12-20-18(24)26-16-10-8-14-22/h21-22H,1-16H2,(H,19,23)(H,20,24). The summed E-state index contributed by atoms with van der Waals surface area (Å²) in [7, 11) is 0. The molecule has 0 aromatic carbocycles. The van der Waals surface area contributed by atoms with E-state index in [2.05, 4.69) is 10.6 Å². The Morgan fingerprint density at radius 2 is 0.962 bits per heavy atom. The number of ether oxygens (including phenoxy) is 2. The highest BCUT2D eigenvalue weighted by Crippen LogP contribution is 2.00. The first-order valence-corrected chi connectivity index (χ1v) is 9.73. The number of unbranched alkanes of at least 4 members (excludes halogenated alkanes) is 7. The number of alkyl carbamates (subject to hydrolysis) is 2. The van der Waals surface area contributed by atoms with Crippen LogP contribution in [0.25, 0.3) is 0 Å². The van der Waals surface area contributed by atoms with E-state index in [-0.39, 0.29) is 19.3 Å². The molecule has 0 spiro atoms. The Balaban J connectivity index is 3.25. The van der Waals surface area contributed by atoms with Gasteiger partial charge < -0.3 is 30.3 Å². The number of amides is 2. The van der Waals surface area contributed by atoms with Crippen LogP contribution in [0.2, 0.25) is 0 Å². The van der Waals surface area contributed by atoms with Gasteiger partial charge in [-0.3, -0.25) is 0 Å². The van der Waals surface area contributed by atoms with E-state index in [1.165, 1.54) is 0 Å². The molecule has 0 saturated carbocycles. The topological polar surface area (TPSA) is 117 Å². The molecule has 8 nitrogen and oxygen atoms in total. The van der Waals surface area contributed by atoms with Crippen LogP contribution in [0.15, 0.2) is 0 Å². The highest BCUT2D eigenvalue weighted by atomic mass is 16.6. The zero-order valence-electron chi connectivity index (χ0n) is 15.8. The predicted octanol–water partition coefficient (Wildman–Crippen LogP) is 2.32. The van der Waals surface area contributed by atoms with Crippen molar-refractivity contribution in [2.24, 2.45) is 0 Å². The van der Waals surface area contributed by atoms with Crippen LogP contribution in [0.3, 0.4) is 0 Å². The third kappa shape index (κ3) is 18.8. The minimum Gasteiger partial charge on any atom is -0.450 e. The maximum absolute atomic E-state index is 11.4. The van der Waals surface area contributed by atoms with Gasteiger partial charge in [-0.25, -0.2) is 9.59 Å². The minimum absolute atomic E-state index is 0.114. The molecule has 0 saturated heterocycles. The largest absolute Gasteiger partial charge is 0.450 e. The monoisotopic (exact) mass is 376 g/mol. The number of carbonyl (C=O) groups is 2. The number of rotatable bonds is 17. The number of aliphatic hydroxyl groups excluding tert-OH is 2. The Kier molecular flexibility index (Phi) is 18.6. The summed E-state index contributed by atoms with van der Waals surface area (Å²) in [5, 5.41) is 22.7.